The lowest BCUT2D eigenvalue weighted by molar-refractivity contribution is 0.757. The van der Waals surface area contributed by atoms with Gasteiger partial charge in [0.2, 0.25) is 0 Å². The zero-order valence-corrected chi connectivity index (χ0v) is 10.8. The van der Waals surface area contributed by atoms with Crippen LogP contribution in [-0.4, -0.2) is 12.8 Å². The second-order valence-corrected chi connectivity index (χ2v) is 4.55. The summed E-state index contributed by atoms with van der Waals surface area (Å²) in [6, 6.07) is 0. The van der Waals surface area contributed by atoms with E-state index in [4.69, 9.17) is 5.73 Å². The Labute approximate surface area is 109 Å². The molecule has 0 aromatic rings. The maximum atomic E-state index is 6.18. The molecular formula is C16H20N2. The van der Waals surface area contributed by atoms with E-state index in [-0.39, 0.29) is 0 Å². The molecule has 1 unspecified atom stereocenters. The number of nitrogens with zero attached hydrogens (tertiary/aromatic N) is 1. The number of nitrogens with two attached hydrogens (primary N) is 1. The molecule has 2 aliphatic rings. The Morgan fingerprint density at radius 3 is 2.83 bits per heavy atom. The zero-order valence-electron chi connectivity index (χ0n) is 10.8. The summed E-state index contributed by atoms with van der Waals surface area (Å²) in [5, 5.41) is 0. The summed E-state index contributed by atoms with van der Waals surface area (Å²) in [7, 11) is 1.82. The third-order valence-corrected chi connectivity index (χ3v) is 3.24. The van der Waals surface area contributed by atoms with Crippen LogP contribution in [0.15, 0.2) is 64.9 Å². The van der Waals surface area contributed by atoms with Gasteiger partial charge in [-0.1, -0.05) is 42.5 Å². The van der Waals surface area contributed by atoms with Crippen molar-refractivity contribution in [2.75, 3.05) is 7.05 Å². The van der Waals surface area contributed by atoms with E-state index >= 15 is 0 Å². The van der Waals surface area contributed by atoms with Crippen LogP contribution in [0.5, 0.6) is 0 Å². The molecule has 0 aromatic heterocycles. The van der Waals surface area contributed by atoms with Crippen molar-refractivity contribution in [1.82, 2.24) is 0 Å². The standard InChI is InChI=1S/C16H20N2/c1-18-16(14-10-6-3-7-11-14)12-15(17)13-8-4-2-5-9-13/h2,4-6,8,10-13H,3,7,9,17H2,1H3. The van der Waals surface area contributed by atoms with E-state index in [1.807, 2.05) is 13.1 Å². The van der Waals surface area contributed by atoms with Crippen LogP contribution in [0.25, 0.3) is 0 Å². The van der Waals surface area contributed by atoms with Crippen molar-refractivity contribution in [2.24, 2.45) is 16.6 Å². The van der Waals surface area contributed by atoms with Crippen molar-refractivity contribution in [3.63, 3.8) is 0 Å². The van der Waals surface area contributed by atoms with Gasteiger partial charge < -0.3 is 5.73 Å². The van der Waals surface area contributed by atoms with Gasteiger partial charge in [0, 0.05) is 18.7 Å². The van der Waals surface area contributed by atoms with Crippen molar-refractivity contribution in [3.05, 3.63) is 59.9 Å². The first-order chi connectivity index (χ1) is 8.81. The normalized spacial score (nSPS) is 24.3. The number of aliphatic imine (C=N–C) groups is 1. The van der Waals surface area contributed by atoms with Gasteiger partial charge in [0.1, 0.15) is 0 Å². The number of allylic oxidation sites excluding steroid dienone is 9. The molecule has 0 fully saturated rings. The fraction of sp³-hybridized carbons (Fsp3) is 0.312. The van der Waals surface area contributed by atoms with Gasteiger partial charge in [-0.15, -0.1) is 0 Å². The summed E-state index contributed by atoms with van der Waals surface area (Å²) >= 11 is 0. The molecule has 2 heteroatoms. The molecule has 0 aliphatic heterocycles. The molecular weight excluding hydrogens is 220 g/mol. The van der Waals surface area contributed by atoms with Gasteiger partial charge in [-0.05, 0) is 30.9 Å². The van der Waals surface area contributed by atoms with E-state index in [0.717, 1.165) is 30.7 Å². The largest absolute Gasteiger partial charge is 0.401 e. The molecule has 2 N–H and O–H groups in total. The average molecular weight is 240 g/mol. The molecule has 0 spiro atoms. The molecule has 1 atom stereocenters. The SMILES string of the molecule is CN=C(C=C(N)C1C=CC=CC1)C1=CCCC=C1. The Hall–Kier alpha value is -1.83. The Bertz CT molecular complexity index is 473. The molecule has 2 nitrogen and oxygen atoms in total. The highest BCUT2D eigenvalue weighted by Crippen LogP contribution is 2.19. The lowest BCUT2D eigenvalue weighted by Gasteiger charge is -2.15. The van der Waals surface area contributed by atoms with E-state index in [0.29, 0.717) is 5.92 Å². The van der Waals surface area contributed by atoms with Crippen LogP contribution in [0.4, 0.5) is 0 Å². The van der Waals surface area contributed by atoms with Crippen molar-refractivity contribution >= 4 is 5.71 Å². The molecule has 2 rings (SSSR count). The molecule has 2 aliphatic carbocycles. The van der Waals surface area contributed by atoms with Crippen molar-refractivity contribution in [1.29, 1.82) is 0 Å². The summed E-state index contributed by atoms with van der Waals surface area (Å²) in [5.41, 5.74) is 9.22. The van der Waals surface area contributed by atoms with E-state index in [1.54, 1.807) is 0 Å². The highest BCUT2D eigenvalue weighted by Gasteiger charge is 2.10. The topological polar surface area (TPSA) is 38.4 Å². The van der Waals surface area contributed by atoms with Crippen molar-refractivity contribution in [2.45, 2.75) is 19.3 Å². The van der Waals surface area contributed by atoms with E-state index in [2.05, 4.69) is 47.5 Å². The maximum absolute atomic E-state index is 6.18. The minimum absolute atomic E-state index is 0.305. The molecule has 0 aromatic carbocycles. The second-order valence-electron chi connectivity index (χ2n) is 4.55. The molecule has 0 saturated carbocycles. The summed E-state index contributed by atoms with van der Waals surface area (Å²) in [4.78, 5) is 4.35. The molecule has 0 bridgehead atoms. The van der Waals surface area contributed by atoms with Gasteiger partial charge in [-0.2, -0.15) is 0 Å². The fourth-order valence-electron chi connectivity index (χ4n) is 2.17. The van der Waals surface area contributed by atoms with Crippen LogP contribution in [0, 0.1) is 5.92 Å². The summed E-state index contributed by atoms with van der Waals surface area (Å²) in [6.07, 6.45) is 20.1. The first-order valence-electron chi connectivity index (χ1n) is 6.45. The Kier molecular flexibility index (Phi) is 4.35. The van der Waals surface area contributed by atoms with Crippen LogP contribution < -0.4 is 5.73 Å². The highest BCUT2D eigenvalue weighted by atomic mass is 14.7. The highest BCUT2D eigenvalue weighted by molar-refractivity contribution is 6.10. The summed E-state index contributed by atoms with van der Waals surface area (Å²) in [6.45, 7) is 0. The fourth-order valence-corrected chi connectivity index (χ4v) is 2.17. The van der Waals surface area contributed by atoms with E-state index < -0.39 is 0 Å². The van der Waals surface area contributed by atoms with Crippen LogP contribution in [-0.2, 0) is 0 Å². The molecule has 94 valence electrons. The predicted molar refractivity (Wildman–Crippen MR) is 78.5 cm³/mol. The van der Waals surface area contributed by atoms with Crippen LogP contribution in [0.2, 0.25) is 0 Å². The van der Waals surface area contributed by atoms with Gasteiger partial charge in [-0.3, -0.25) is 4.99 Å². The monoisotopic (exact) mass is 240 g/mol. The maximum Gasteiger partial charge on any atom is 0.0657 e. The molecule has 18 heavy (non-hydrogen) atoms. The lowest BCUT2D eigenvalue weighted by atomic mass is 9.94. The van der Waals surface area contributed by atoms with Gasteiger partial charge in [0.05, 0.1) is 5.71 Å². The summed E-state index contributed by atoms with van der Waals surface area (Å²) in [5.74, 6) is 0.305. The molecule has 0 saturated heterocycles. The number of hydrogen-bond acceptors (Lipinski definition) is 2. The van der Waals surface area contributed by atoms with E-state index in [9.17, 15) is 0 Å². The molecule has 0 amide bonds. The van der Waals surface area contributed by atoms with Gasteiger partial charge in [0.15, 0.2) is 0 Å². The van der Waals surface area contributed by atoms with Crippen LogP contribution in [0.1, 0.15) is 19.3 Å². The first kappa shape index (κ1) is 12.6. The quantitative estimate of drug-likeness (QED) is 0.755. The Balaban J connectivity index is 2.14. The van der Waals surface area contributed by atoms with Crippen LogP contribution >= 0.6 is 0 Å². The third kappa shape index (κ3) is 3.10. The lowest BCUT2D eigenvalue weighted by Crippen LogP contribution is -2.13. The van der Waals surface area contributed by atoms with Gasteiger partial charge >= 0.3 is 0 Å². The second kappa shape index (κ2) is 6.20. The van der Waals surface area contributed by atoms with E-state index in [1.165, 1.54) is 5.57 Å². The first-order valence-corrected chi connectivity index (χ1v) is 6.45. The average Bonchev–Trinajstić information content (AvgIpc) is 2.46. The molecule has 0 heterocycles. The summed E-state index contributed by atoms with van der Waals surface area (Å²) < 4.78 is 0. The number of rotatable bonds is 3. The van der Waals surface area contributed by atoms with Crippen molar-refractivity contribution in [3.8, 4) is 0 Å². The molecule has 0 radical (unpaired) electrons. The van der Waals surface area contributed by atoms with Crippen LogP contribution in [0.3, 0.4) is 0 Å². The van der Waals surface area contributed by atoms with Gasteiger partial charge in [-0.25, -0.2) is 0 Å². The van der Waals surface area contributed by atoms with Gasteiger partial charge in [0.25, 0.3) is 0 Å². The minimum atomic E-state index is 0.305. The Morgan fingerprint density at radius 2 is 2.22 bits per heavy atom. The minimum Gasteiger partial charge on any atom is -0.401 e. The third-order valence-electron chi connectivity index (χ3n) is 3.24. The number of hydrogen-bond donors (Lipinski definition) is 1. The van der Waals surface area contributed by atoms with Crippen molar-refractivity contribution < 1.29 is 0 Å². The Morgan fingerprint density at radius 1 is 1.33 bits per heavy atom. The predicted octanol–water partition coefficient (Wildman–Crippen LogP) is 3.31. The smallest absolute Gasteiger partial charge is 0.0657 e. The zero-order chi connectivity index (χ0) is 12.8.